The van der Waals surface area contributed by atoms with Gasteiger partial charge in [-0.3, -0.25) is 9.59 Å². The van der Waals surface area contributed by atoms with Crippen molar-refractivity contribution in [2.75, 3.05) is 25.5 Å². The molecule has 144 valence electrons. The van der Waals surface area contributed by atoms with E-state index in [-0.39, 0.29) is 17.1 Å². The first-order valence-corrected chi connectivity index (χ1v) is 9.20. The number of hydrogen-bond donors (Lipinski definition) is 2. The molecule has 2 aromatic carbocycles. The molecule has 0 spiro atoms. The van der Waals surface area contributed by atoms with Crippen molar-refractivity contribution >= 4 is 27.5 Å². The zero-order valence-corrected chi connectivity index (χ0v) is 15.1. The van der Waals surface area contributed by atoms with Crippen LogP contribution in [0.4, 0.5) is 14.5 Å². The van der Waals surface area contributed by atoms with Gasteiger partial charge >= 0.3 is 0 Å². The summed E-state index contributed by atoms with van der Waals surface area (Å²) in [6.07, 6.45) is 0. The minimum atomic E-state index is -3.99. The Balaban J connectivity index is 1.87. The summed E-state index contributed by atoms with van der Waals surface area (Å²) in [6, 6.07) is 9.36. The molecule has 0 atom stereocenters. The number of halogens is 2. The van der Waals surface area contributed by atoms with Crippen LogP contribution in [-0.4, -0.2) is 45.3 Å². The van der Waals surface area contributed by atoms with E-state index in [1.807, 2.05) is 0 Å². The highest BCUT2D eigenvalue weighted by Gasteiger charge is 2.18. The van der Waals surface area contributed by atoms with E-state index in [2.05, 4.69) is 10.0 Å². The lowest BCUT2D eigenvalue weighted by molar-refractivity contribution is -0.132. The van der Waals surface area contributed by atoms with Crippen molar-refractivity contribution in [3.8, 4) is 0 Å². The molecule has 0 aliphatic carbocycles. The summed E-state index contributed by atoms with van der Waals surface area (Å²) in [6.45, 7) is -0.933. The fourth-order valence-corrected chi connectivity index (χ4v) is 3.03. The van der Waals surface area contributed by atoms with Crippen LogP contribution in [0, 0.1) is 11.6 Å². The average molecular weight is 397 g/mol. The van der Waals surface area contributed by atoms with E-state index in [1.54, 1.807) is 0 Å². The second kappa shape index (κ2) is 8.69. The topological polar surface area (TPSA) is 95.6 Å². The Kier molecular flexibility index (Phi) is 6.59. The van der Waals surface area contributed by atoms with Crippen LogP contribution < -0.4 is 10.0 Å². The summed E-state index contributed by atoms with van der Waals surface area (Å²) in [5.74, 6) is -2.34. The van der Waals surface area contributed by atoms with Crippen LogP contribution in [0.2, 0.25) is 0 Å². The van der Waals surface area contributed by atoms with E-state index in [1.165, 1.54) is 25.2 Å². The van der Waals surface area contributed by atoms with Gasteiger partial charge in [0.05, 0.1) is 18.0 Å². The Morgan fingerprint density at radius 1 is 1.04 bits per heavy atom. The molecule has 0 bridgehead atoms. The van der Waals surface area contributed by atoms with Gasteiger partial charge in [0.15, 0.2) is 0 Å². The number of amides is 2. The smallest absolute Gasteiger partial charge is 0.243 e. The van der Waals surface area contributed by atoms with E-state index < -0.39 is 40.0 Å². The molecule has 0 heterocycles. The van der Waals surface area contributed by atoms with Crippen LogP contribution in [0.1, 0.15) is 0 Å². The Morgan fingerprint density at radius 3 is 2.33 bits per heavy atom. The minimum absolute atomic E-state index is 0.191. The standard InChI is InChI=1S/C17H17F2N3O4S/c1-22(11-16(23)21-14-4-2-3-13(19)9-14)17(24)10-20-27(25,26)15-7-5-12(18)6-8-15/h2-9,20H,10-11H2,1H3,(H,21,23). The predicted octanol–water partition coefficient (Wildman–Crippen LogP) is 1.34. The summed E-state index contributed by atoms with van der Waals surface area (Å²) in [4.78, 5) is 24.7. The van der Waals surface area contributed by atoms with E-state index in [9.17, 15) is 26.8 Å². The third-order valence-electron chi connectivity index (χ3n) is 3.45. The van der Waals surface area contributed by atoms with Crippen molar-refractivity contribution in [3.63, 3.8) is 0 Å². The van der Waals surface area contributed by atoms with Gasteiger partial charge in [-0.2, -0.15) is 0 Å². The molecule has 0 saturated carbocycles. The summed E-state index contributed by atoms with van der Waals surface area (Å²) >= 11 is 0. The Bertz CT molecular complexity index is 933. The highest BCUT2D eigenvalue weighted by Crippen LogP contribution is 2.10. The number of nitrogens with one attached hydrogen (secondary N) is 2. The molecule has 10 heteroatoms. The van der Waals surface area contributed by atoms with Crippen molar-refractivity contribution in [1.82, 2.24) is 9.62 Å². The Hall–Kier alpha value is -2.85. The quantitative estimate of drug-likeness (QED) is 0.737. The molecule has 2 aromatic rings. The van der Waals surface area contributed by atoms with Gasteiger partial charge in [0.1, 0.15) is 11.6 Å². The summed E-state index contributed by atoms with van der Waals surface area (Å²) < 4.78 is 52.1. The summed E-state index contributed by atoms with van der Waals surface area (Å²) in [5, 5.41) is 2.43. The van der Waals surface area contributed by atoms with Crippen LogP contribution in [0.25, 0.3) is 0 Å². The molecule has 0 aromatic heterocycles. The molecule has 0 aliphatic rings. The fourth-order valence-electron chi connectivity index (χ4n) is 2.06. The molecule has 2 amide bonds. The first-order valence-electron chi connectivity index (χ1n) is 7.72. The second-order valence-electron chi connectivity index (χ2n) is 5.59. The lowest BCUT2D eigenvalue weighted by Gasteiger charge is -2.17. The van der Waals surface area contributed by atoms with Crippen LogP contribution in [0.15, 0.2) is 53.4 Å². The largest absolute Gasteiger partial charge is 0.335 e. The normalized spacial score (nSPS) is 11.1. The Morgan fingerprint density at radius 2 is 1.70 bits per heavy atom. The van der Waals surface area contributed by atoms with Gasteiger partial charge in [0.25, 0.3) is 0 Å². The minimum Gasteiger partial charge on any atom is -0.335 e. The number of rotatable bonds is 7. The molecule has 27 heavy (non-hydrogen) atoms. The van der Waals surface area contributed by atoms with E-state index in [0.29, 0.717) is 0 Å². The van der Waals surface area contributed by atoms with Gasteiger partial charge in [0.2, 0.25) is 21.8 Å². The fraction of sp³-hybridized carbons (Fsp3) is 0.176. The molecule has 0 unspecified atom stereocenters. The van der Waals surface area contributed by atoms with Gasteiger partial charge in [-0.05, 0) is 42.5 Å². The van der Waals surface area contributed by atoms with Gasteiger partial charge in [-0.1, -0.05) is 6.07 Å². The number of hydrogen-bond acceptors (Lipinski definition) is 4. The average Bonchev–Trinajstić information content (AvgIpc) is 2.60. The maximum absolute atomic E-state index is 13.1. The highest BCUT2D eigenvalue weighted by atomic mass is 32.2. The van der Waals surface area contributed by atoms with Crippen LogP contribution in [0.5, 0.6) is 0 Å². The summed E-state index contributed by atoms with van der Waals surface area (Å²) in [7, 11) is -2.67. The maximum atomic E-state index is 13.1. The van der Waals surface area contributed by atoms with E-state index >= 15 is 0 Å². The monoisotopic (exact) mass is 397 g/mol. The van der Waals surface area contributed by atoms with Crippen molar-refractivity contribution < 1.29 is 26.8 Å². The van der Waals surface area contributed by atoms with E-state index in [4.69, 9.17) is 0 Å². The van der Waals surface area contributed by atoms with Crippen molar-refractivity contribution in [3.05, 3.63) is 60.2 Å². The van der Waals surface area contributed by atoms with E-state index in [0.717, 1.165) is 35.2 Å². The van der Waals surface area contributed by atoms with Gasteiger partial charge < -0.3 is 10.2 Å². The third-order valence-corrected chi connectivity index (χ3v) is 4.87. The first-order chi connectivity index (χ1) is 12.7. The van der Waals surface area contributed by atoms with Crippen LogP contribution >= 0.6 is 0 Å². The first kappa shape index (κ1) is 20.5. The number of likely N-dealkylation sites (N-methyl/N-ethyl adjacent to an activating group) is 1. The zero-order chi connectivity index (χ0) is 20.0. The lowest BCUT2D eigenvalue weighted by atomic mass is 10.3. The van der Waals surface area contributed by atoms with Crippen molar-refractivity contribution in [1.29, 1.82) is 0 Å². The van der Waals surface area contributed by atoms with Crippen LogP contribution in [0.3, 0.4) is 0 Å². The number of benzene rings is 2. The highest BCUT2D eigenvalue weighted by molar-refractivity contribution is 7.89. The van der Waals surface area contributed by atoms with Crippen molar-refractivity contribution in [2.45, 2.75) is 4.90 Å². The number of anilines is 1. The molecule has 0 fully saturated rings. The molecule has 0 radical (unpaired) electrons. The molecule has 2 N–H and O–H groups in total. The molecule has 2 rings (SSSR count). The lowest BCUT2D eigenvalue weighted by Crippen LogP contribution is -2.41. The number of carbonyl (C=O) groups excluding carboxylic acids is 2. The SMILES string of the molecule is CN(CC(=O)Nc1cccc(F)c1)C(=O)CNS(=O)(=O)c1ccc(F)cc1. The molecular weight excluding hydrogens is 380 g/mol. The van der Waals surface area contributed by atoms with Gasteiger partial charge in [-0.15, -0.1) is 0 Å². The second-order valence-corrected chi connectivity index (χ2v) is 7.35. The molecule has 0 aliphatic heterocycles. The zero-order valence-electron chi connectivity index (χ0n) is 14.3. The number of nitrogens with zero attached hydrogens (tertiary/aromatic N) is 1. The van der Waals surface area contributed by atoms with Crippen LogP contribution in [-0.2, 0) is 19.6 Å². The van der Waals surface area contributed by atoms with Gasteiger partial charge in [0, 0.05) is 12.7 Å². The van der Waals surface area contributed by atoms with Gasteiger partial charge in [-0.25, -0.2) is 21.9 Å². The number of carbonyl (C=O) groups is 2. The molecular formula is C17H17F2N3O4S. The predicted molar refractivity (Wildman–Crippen MR) is 94.3 cm³/mol. The third kappa shape index (κ3) is 6.12. The number of sulfonamides is 1. The molecule has 0 saturated heterocycles. The van der Waals surface area contributed by atoms with Crippen molar-refractivity contribution in [2.24, 2.45) is 0 Å². The maximum Gasteiger partial charge on any atom is 0.243 e. The molecule has 7 nitrogen and oxygen atoms in total. The Labute approximate surface area is 155 Å². The summed E-state index contributed by atoms with van der Waals surface area (Å²) in [5.41, 5.74) is 0.234.